The topological polar surface area (TPSA) is 44.4 Å². The first-order valence-electron chi connectivity index (χ1n) is 7.62. The van der Waals surface area contributed by atoms with Crippen LogP contribution in [0.3, 0.4) is 0 Å². The second kappa shape index (κ2) is 7.90. The highest BCUT2D eigenvalue weighted by Gasteiger charge is 2.21. The molecule has 0 aliphatic carbocycles. The Balaban J connectivity index is 1.68. The van der Waals surface area contributed by atoms with Gasteiger partial charge in [-0.3, -0.25) is 4.79 Å². The van der Waals surface area contributed by atoms with Gasteiger partial charge in [-0.15, -0.1) is 0 Å². The Kier molecular flexibility index (Phi) is 5.87. The summed E-state index contributed by atoms with van der Waals surface area (Å²) < 4.78 is 0. The lowest BCUT2D eigenvalue weighted by atomic mass is 10.2. The number of hydrogen-bond donors (Lipinski definition) is 2. The molecule has 0 saturated carbocycles. The normalized spacial score (nSPS) is 17.9. The summed E-state index contributed by atoms with van der Waals surface area (Å²) in [5.74, 6) is 0.158. The van der Waals surface area contributed by atoms with E-state index in [1.807, 2.05) is 6.07 Å². The van der Waals surface area contributed by atoms with Crippen LogP contribution in [0.1, 0.15) is 26.2 Å². The van der Waals surface area contributed by atoms with Crippen LogP contribution in [0.2, 0.25) is 0 Å². The fraction of sp³-hybridized carbons (Fsp3) is 0.562. The number of carbonyl (C=O) groups is 1. The molecule has 20 heavy (non-hydrogen) atoms. The third-order valence-corrected chi connectivity index (χ3v) is 3.78. The van der Waals surface area contributed by atoms with Gasteiger partial charge >= 0.3 is 0 Å². The van der Waals surface area contributed by atoms with Crippen LogP contribution in [-0.4, -0.2) is 38.1 Å². The summed E-state index contributed by atoms with van der Waals surface area (Å²) in [5.41, 5.74) is 1.25. The van der Waals surface area contributed by atoms with Crippen LogP contribution in [-0.2, 0) is 4.79 Å². The third kappa shape index (κ3) is 4.23. The molecule has 1 atom stereocenters. The van der Waals surface area contributed by atoms with Crippen LogP contribution in [0.5, 0.6) is 0 Å². The molecular formula is C16H25N3O. The molecule has 0 spiro atoms. The van der Waals surface area contributed by atoms with Gasteiger partial charge in [0.2, 0.25) is 5.91 Å². The van der Waals surface area contributed by atoms with Gasteiger partial charge < -0.3 is 15.5 Å². The lowest BCUT2D eigenvalue weighted by molar-refractivity contribution is -0.122. The van der Waals surface area contributed by atoms with E-state index >= 15 is 0 Å². The van der Waals surface area contributed by atoms with Crippen molar-refractivity contribution >= 4 is 11.6 Å². The summed E-state index contributed by atoms with van der Waals surface area (Å²) >= 11 is 0. The minimum atomic E-state index is 0.0337. The van der Waals surface area contributed by atoms with Gasteiger partial charge in [0.25, 0.3) is 0 Å². The van der Waals surface area contributed by atoms with Crippen molar-refractivity contribution in [3.8, 4) is 0 Å². The first-order valence-corrected chi connectivity index (χ1v) is 7.62. The monoisotopic (exact) mass is 275 g/mol. The number of nitrogens with zero attached hydrogens (tertiary/aromatic N) is 1. The molecule has 1 aliphatic rings. The zero-order valence-electron chi connectivity index (χ0n) is 12.3. The predicted molar refractivity (Wildman–Crippen MR) is 83.0 cm³/mol. The molecule has 4 nitrogen and oxygen atoms in total. The van der Waals surface area contributed by atoms with Crippen molar-refractivity contribution in [1.82, 2.24) is 10.6 Å². The van der Waals surface area contributed by atoms with E-state index in [0.29, 0.717) is 0 Å². The van der Waals surface area contributed by atoms with E-state index in [-0.39, 0.29) is 11.9 Å². The maximum absolute atomic E-state index is 11.8. The van der Waals surface area contributed by atoms with Gasteiger partial charge in [-0.05, 0) is 44.9 Å². The summed E-state index contributed by atoms with van der Waals surface area (Å²) in [6.45, 7) is 5.84. The first-order chi connectivity index (χ1) is 9.81. The van der Waals surface area contributed by atoms with Crippen LogP contribution in [0.4, 0.5) is 5.69 Å². The number of carbonyl (C=O) groups excluding carboxylic acids is 1. The molecule has 1 amide bonds. The van der Waals surface area contributed by atoms with E-state index in [1.165, 1.54) is 5.69 Å². The smallest absolute Gasteiger partial charge is 0.237 e. The lowest BCUT2D eigenvalue weighted by Crippen LogP contribution is -2.41. The Hall–Kier alpha value is -1.55. The SMILES string of the molecule is CCN(CCCNC(=O)[C@@H]1CCCN1)c1ccccc1. The van der Waals surface area contributed by atoms with Gasteiger partial charge in [0, 0.05) is 25.3 Å². The van der Waals surface area contributed by atoms with Crippen LogP contribution >= 0.6 is 0 Å². The standard InChI is InChI=1S/C16H25N3O/c1-2-19(14-8-4-3-5-9-14)13-7-12-18-16(20)15-10-6-11-17-15/h3-5,8-9,15,17H,2,6-7,10-13H2,1H3,(H,18,20)/t15-/m0/s1. The number of hydrogen-bond acceptors (Lipinski definition) is 3. The van der Waals surface area contributed by atoms with Gasteiger partial charge in [0.05, 0.1) is 6.04 Å². The Morgan fingerprint density at radius 2 is 2.20 bits per heavy atom. The van der Waals surface area contributed by atoms with Crippen molar-refractivity contribution in [2.75, 3.05) is 31.1 Å². The number of nitrogens with one attached hydrogen (secondary N) is 2. The maximum atomic E-state index is 11.8. The van der Waals surface area contributed by atoms with Gasteiger partial charge in [-0.25, -0.2) is 0 Å². The largest absolute Gasteiger partial charge is 0.372 e. The molecule has 1 heterocycles. The quantitative estimate of drug-likeness (QED) is 0.746. The summed E-state index contributed by atoms with van der Waals surface area (Å²) in [6, 6.07) is 10.4. The molecule has 1 aromatic rings. The molecule has 0 unspecified atom stereocenters. The van der Waals surface area contributed by atoms with E-state index in [9.17, 15) is 4.79 Å². The van der Waals surface area contributed by atoms with Crippen LogP contribution in [0, 0.1) is 0 Å². The lowest BCUT2D eigenvalue weighted by Gasteiger charge is -2.23. The Morgan fingerprint density at radius 3 is 2.85 bits per heavy atom. The number of anilines is 1. The number of amides is 1. The average molecular weight is 275 g/mol. The minimum Gasteiger partial charge on any atom is -0.372 e. The molecule has 110 valence electrons. The van der Waals surface area contributed by atoms with Gasteiger partial charge in [-0.2, -0.15) is 0 Å². The van der Waals surface area contributed by atoms with Crippen LogP contribution in [0.15, 0.2) is 30.3 Å². The van der Waals surface area contributed by atoms with Crippen molar-refractivity contribution < 1.29 is 4.79 Å². The second-order valence-corrected chi connectivity index (χ2v) is 5.21. The second-order valence-electron chi connectivity index (χ2n) is 5.21. The van der Waals surface area contributed by atoms with E-state index in [2.05, 4.69) is 46.7 Å². The van der Waals surface area contributed by atoms with Crippen molar-refractivity contribution in [3.05, 3.63) is 30.3 Å². The highest BCUT2D eigenvalue weighted by atomic mass is 16.2. The Bertz CT molecular complexity index is 401. The summed E-state index contributed by atoms with van der Waals surface area (Å²) in [4.78, 5) is 14.2. The molecule has 0 radical (unpaired) electrons. The van der Waals surface area contributed by atoms with E-state index in [0.717, 1.165) is 45.4 Å². The first kappa shape index (κ1) is 14.9. The predicted octanol–water partition coefficient (Wildman–Crippen LogP) is 1.77. The molecule has 2 rings (SSSR count). The molecule has 1 aliphatic heterocycles. The molecule has 1 aromatic carbocycles. The maximum Gasteiger partial charge on any atom is 0.237 e. The molecule has 4 heteroatoms. The van der Waals surface area contributed by atoms with Gasteiger partial charge in [0.15, 0.2) is 0 Å². The fourth-order valence-electron chi connectivity index (χ4n) is 2.62. The highest BCUT2D eigenvalue weighted by molar-refractivity contribution is 5.81. The number of para-hydroxylation sites is 1. The molecule has 0 bridgehead atoms. The van der Waals surface area contributed by atoms with Crippen molar-refractivity contribution in [2.45, 2.75) is 32.2 Å². The summed E-state index contributed by atoms with van der Waals surface area (Å²) in [5, 5.41) is 6.25. The van der Waals surface area contributed by atoms with Crippen LogP contribution < -0.4 is 15.5 Å². The molecule has 1 saturated heterocycles. The van der Waals surface area contributed by atoms with E-state index in [4.69, 9.17) is 0 Å². The summed E-state index contributed by atoms with van der Waals surface area (Å²) in [7, 11) is 0. The van der Waals surface area contributed by atoms with Gasteiger partial charge in [-0.1, -0.05) is 18.2 Å². The minimum absolute atomic E-state index is 0.0337. The Morgan fingerprint density at radius 1 is 1.40 bits per heavy atom. The Labute approximate surface area is 121 Å². The number of rotatable bonds is 7. The zero-order valence-corrected chi connectivity index (χ0v) is 12.3. The molecule has 0 aromatic heterocycles. The highest BCUT2D eigenvalue weighted by Crippen LogP contribution is 2.12. The summed E-state index contributed by atoms with van der Waals surface area (Å²) in [6.07, 6.45) is 3.05. The molecular weight excluding hydrogens is 250 g/mol. The van der Waals surface area contributed by atoms with E-state index < -0.39 is 0 Å². The third-order valence-electron chi connectivity index (χ3n) is 3.78. The average Bonchev–Trinajstić information content (AvgIpc) is 3.02. The zero-order chi connectivity index (χ0) is 14.2. The van der Waals surface area contributed by atoms with Crippen molar-refractivity contribution in [2.24, 2.45) is 0 Å². The fourth-order valence-corrected chi connectivity index (χ4v) is 2.62. The van der Waals surface area contributed by atoms with Crippen molar-refractivity contribution in [3.63, 3.8) is 0 Å². The molecule has 2 N–H and O–H groups in total. The van der Waals surface area contributed by atoms with Crippen LogP contribution in [0.25, 0.3) is 0 Å². The number of benzene rings is 1. The van der Waals surface area contributed by atoms with Crippen molar-refractivity contribution in [1.29, 1.82) is 0 Å². The van der Waals surface area contributed by atoms with E-state index in [1.54, 1.807) is 0 Å². The molecule has 1 fully saturated rings. The van der Waals surface area contributed by atoms with Gasteiger partial charge in [0.1, 0.15) is 0 Å².